The topological polar surface area (TPSA) is 105 Å². The van der Waals surface area contributed by atoms with Crippen molar-refractivity contribution in [3.05, 3.63) is 53.6 Å². The van der Waals surface area contributed by atoms with Gasteiger partial charge >= 0.3 is 0 Å². The van der Waals surface area contributed by atoms with Gasteiger partial charge in [-0.15, -0.1) is 0 Å². The van der Waals surface area contributed by atoms with Gasteiger partial charge in [0.25, 0.3) is 0 Å². The first-order chi connectivity index (χ1) is 18.7. The van der Waals surface area contributed by atoms with E-state index in [1.807, 2.05) is 38.1 Å². The number of anilines is 1. The van der Waals surface area contributed by atoms with Gasteiger partial charge in [-0.1, -0.05) is 50.5 Å². The second-order valence-corrected chi connectivity index (χ2v) is 12.3. The fourth-order valence-electron chi connectivity index (χ4n) is 5.19. The van der Waals surface area contributed by atoms with E-state index in [2.05, 4.69) is 5.32 Å². The zero-order valence-electron chi connectivity index (χ0n) is 23.0. The Morgan fingerprint density at radius 1 is 1.03 bits per heavy atom. The molecule has 1 heterocycles. The van der Waals surface area contributed by atoms with Gasteiger partial charge < -0.3 is 19.7 Å². The Morgan fingerprint density at radius 3 is 2.44 bits per heavy atom. The van der Waals surface area contributed by atoms with Gasteiger partial charge in [0.15, 0.2) is 11.5 Å². The van der Waals surface area contributed by atoms with Crippen LogP contribution in [-0.4, -0.2) is 56.3 Å². The van der Waals surface area contributed by atoms with Gasteiger partial charge in [-0.05, 0) is 56.4 Å². The standard InChI is InChI=1S/C29H39N3O6S/c1-4-25(29(34)30-23-13-7-6-8-14-23)31(18-22-12-10-9-11-21(22)3)28(33)19-32(39(35,36)5-2)24-15-16-26-27(17-24)38-20-37-26/h9-12,15-17,23,25H,4-8,13-14,18-20H2,1-3H3,(H,30,34). The quantitative estimate of drug-likeness (QED) is 0.445. The maximum absolute atomic E-state index is 14.0. The molecule has 10 heteroatoms. The minimum absolute atomic E-state index is 0.0523. The van der Waals surface area contributed by atoms with Crippen LogP contribution in [0.15, 0.2) is 42.5 Å². The molecule has 1 unspecified atom stereocenters. The van der Waals surface area contributed by atoms with Gasteiger partial charge in [0.05, 0.1) is 11.4 Å². The van der Waals surface area contributed by atoms with Crippen LogP contribution < -0.4 is 19.1 Å². The number of benzene rings is 2. The maximum atomic E-state index is 14.0. The van der Waals surface area contributed by atoms with Crippen LogP contribution >= 0.6 is 0 Å². The number of aryl methyl sites for hydroxylation is 1. The molecule has 2 aliphatic rings. The third-order valence-corrected chi connectivity index (χ3v) is 9.30. The molecule has 39 heavy (non-hydrogen) atoms. The largest absolute Gasteiger partial charge is 0.454 e. The zero-order valence-corrected chi connectivity index (χ0v) is 23.8. The molecule has 1 fully saturated rings. The lowest BCUT2D eigenvalue weighted by atomic mass is 9.95. The highest BCUT2D eigenvalue weighted by molar-refractivity contribution is 7.92. The summed E-state index contributed by atoms with van der Waals surface area (Å²) in [6.45, 7) is 5.19. The van der Waals surface area contributed by atoms with Gasteiger partial charge in [0.1, 0.15) is 12.6 Å². The normalized spacial score (nSPS) is 16.0. The SMILES string of the molecule is CCC(C(=O)NC1CCCCC1)N(Cc1ccccc1C)C(=O)CN(c1ccc2c(c1)OCO2)S(=O)(=O)CC. The lowest BCUT2D eigenvalue weighted by molar-refractivity contribution is -0.140. The Balaban J connectivity index is 1.65. The van der Waals surface area contributed by atoms with Gasteiger partial charge in [-0.3, -0.25) is 13.9 Å². The van der Waals surface area contributed by atoms with E-state index in [9.17, 15) is 18.0 Å². The molecule has 0 spiro atoms. The van der Waals surface area contributed by atoms with E-state index >= 15 is 0 Å². The summed E-state index contributed by atoms with van der Waals surface area (Å²) >= 11 is 0. The Labute approximate surface area is 231 Å². The predicted octanol–water partition coefficient (Wildman–Crippen LogP) is 4.14. The average molecular weight is 558 g/mol. The van der Waals surface area contributed by atoms with Crippen LogP contribution in [-0.2, 0) is 26.2 Å². The van der Waals surface area contributed by atoms with Gasteiger partial charge in [-0.2, -0.15) is 0 Å². The summed E-state index contributed by atoms with van der Waals surface area (Å²) in [5, 5.41) is 3.17. The van der Waals surface area contributed by atoms with Crippen molar-refractivity contribution in [1.29, 1.82) is 0 Å². The molecule has 4 rings (SSSR count). The minimum Gasteiger partial charge on any atom is -0.454 e. The summed E-state index contributed by atoms with van der Waals surface area (Å²) in [6, 6.07) is 11.9. The van der Waals surface area contributed by atoms with Crippen molar-refractivity contribution in [3.8, 4) is 11.5 Å². The first-order valence-electron chi connectivity index (χ1n) is 13.8. The van der Waals surface area contributed by atoms with Gasteiger partial charge in [0.2, 0.25) is 28.6 Å². The highest BCUT2D eigenvalue weighted by Gasteiger charge is 2.34. The summed E-state index contributed by atoms with van der Waals surface area (Å²) in [6.07, 6.45) is 5.59. The van der Waals surface area contributed by atoms with Crippen LogP contribution in [0.3, 0.4) is 0 Å². The van der Waals surface area contributed by atoms with Crippen molar-refractivity contribution < 1.29 is 27.5 Å². The second-order valence-electron chi connectivity index (χ2n) is 10.2. The first kappa shape index (κ1) is 28.7. The third-order valence-electron chi connectivity index (χ3n) is 7.56. The molecule has 1 atom stereocenters. The number of carbonyl (C=O) groups excluding carboxylic acids is 2. The van der Waals surface area contributed by atoms with Crippen LogP contribution in [0.4, 0.5) is 5.69 Å². The van der Waals surface area contributed by atoms with Crippen LogP contribution in [0.25, 0.3) is 0 Å². The molecule has 0 aromatic heterocycles. The smallest absolute Gasteiger partial charge is 0.244 e. The number of nitrogens with zero attached hydrogens (tertiary/aromatic N) is 2. The van der Waals surface area contributed by atoms with Crippen molar-refractivity contribution in [3.63, 3.8) is 0 Å². The molecular formula is C29H39N3O6S. The Morgan fingerprint density at radius 2 is 1.74 bits per heavy atom. The summed E-state index contributed by atoms with van der Waals surface area (Å²) in [5.74, 6) is 0.112. The van der Waals surface area contributed by atoms with E-state index in [0.717, 1.165) is 41.1 Å². The third kappa shape index (κ3) is 6.84. The summed E-state index contributed by atoms with van der Waals surface area (Å²) in [4.78, 5) is 29.1. The van der Waals surface area contributed by atoms with E-state index in [4.69, 9.17) is 9.47 Å². The Kier molecular flexibility index (Phi) is 9.37. The summed E-state index contributed by atoms with van der Waals surface area (Å²) < 4.78 is 38.3. The van der Waals surface area contributed by atoms with E-state index in [1.54, 1.807) is 18.2 Å². The molecule has 2 aromatic carbocycles. The molecule has 1 N–H and O–H groups in total. The number of amides is 2. The van der Waals surface area contributed by atoms with Crippen molar-refractivity contribution in [2.45, 2.75) is 77.9 Å². The molecular weight excluding hydrogens is 518 g/mol. The molecule has 2 amide bonds. The fourth-order valence-corrected chi connectivity index (χ4v) is 6.25. The zero-order chi connectivity index (χ0) is 28.0. The van der Waals surface area contributed by atoms with Crippen LogP contribution in [0.2, 0.25) is 0 Å². The molecule has 9 nitrogen and oxygen atoms in total. The van der Waals surface area contributed by atoms with E-state index < -0.39 is 28.5 Å². The number of hydrogen-bond donors (Lipinski definition) is 1. The minimum atomic E-state index is -3.83. The van der Waals surface area contributed by atoms with Gasteiger partial charge in [-0.25, -0.2) is 8.42 Å². The molecule has 212 valence electrons. The van der Waals surface area contributed by atoms with Crippen LogP contribution in [0.1, 0.15) is 63.5 Å². The molecule has 1 aliphatic heterocycles. The number of ether oxygens (including phenoxy) is 2. The fraction of sp³-hybridized carbons (Fsp3) is 0.517. The van der Waals surface area contributed by atoms with Crippen molar-refractivity contribution in [2.24, 2.45) is 0 Å². The lowest BCUT2D eigenvalue weighted by Gasteiger charge is -2.34. The Bertz CT molecular complexity index is 1280. The number of fused-ring (bicyclic) bond motifs is 1. The van der Waals surface area contributed by atoms with Crippen molar-refractivity contribution in [2.75, 3.05) is 23.4 Å². The van der Waals surface area contributed by atoms with Crippen LogP contribution in [0, 0.1) is 6.92 Å². The summed E-state index contributed by atoms with van der Waals surface area (Å²) in [5.41, 5.74) is 2.21. The van der Waals surface area contributed by atoms with E-state index in [0.29, 0.717) is 23.6 Å². The molecule has 0 bridgehead atoms. The number of nitrogens with one attached hydrogen (secondary N) is 1. The number of carbonyl (C=O) groups is 2. The highest BCUT2D eigenvalue weighted by Crippen LogP contribution is 2.36. The lowest BCUT2D eigenvalue weighted by Crippen LogP contribution is -2.54. The monoisotopic (exact) mass is 557 g/mol. The van der Waals surface area contributed by atoms with E-state index in [1.165, 1.54) is 18.2 Å². The second kappa shape index (κ2) is 12.7. The van der Waals surface area contributed by atoms with Crippen molar-refractivity contribution in [1.82, 2.24) is 10.2 Å². The maximum Gasteiger partial charge on any atom is 0.244 e. The number of rotatable bonds is 11. The molecule has 2 aromatic rings. The van der Waals surface area contributed by atoms with Crippen LogP contribution in [0.5, 0.6) is 11.5 Å². The predicted molar refractivity (Wildman–Crippen MR) is 150 cm³/mol. The molecule has 1 saturated carbocycles. The van der Waals surface area contributed by atoms with E-state index in [-0.39, 0.29) is 31.0 Å². The average Bonchev–Trinajstić information content (AvgIpc) is 3.41. The molecule has 0 radical (unpaired) electrons. The first-order valence-corrected chi connectivity index (χ1v) is 15.4. The Hall–Kier alpha value is -3.27. The van der Waals surface area contributed by atoms with Crippen molar-refractivity contribution >= 4 is 27.5 Å². The summed E-state index contributed by atoms with van der Waals surface area (Å²) in [7, 11) is -3.83. The van der Waals surface area contributed by atoms with Gasteiger partial charge in [0, 0.05) is 18.7 Å². The highest BCUT2D eigenvalue weighted by atomic mass is 32.2. The number of hydrogen-bond acceptors (Lipinski definition) is 6. The number of sulfonamides is 1. The molecule has 0 saturated heterocycles. The molecule has 1 aliphatic carbocycles.